The molecular weight excluding hydrogens is 310 g/mol. The fourth-order valence-corrected chi connectivity index (χ4v) is 2.87. The third-order valence-electron chi connectivity index (χ3n) is 4.32. The monoisotopic (exact) mass is 337 g/mol. The highest BCUT2D eigenvalue weighted by Gasteiger charge is 2.15. The predicted molar refractivity (Wildman–Crippen MR) is 103 cm³/mol. The summed E-state index contributed by atoms with van der Waals surface area (Å²) in [6.07, 6.45) is 2.97. The first-order chi connectivity index (χ1) is 12.3. The van der Waals surface area contributed by atoms with Crippen LogP contribution >= 0.6 is 0 Å². The van der Waals surface area contributed by atoms with Crippen molar-refractivity contribution in [1.29, 1.82) is 0 Å². The molecule has 0 radical (unpaired) electrons. The van der Waals surface area contributed by atoms with Crippen molar-refractivity contribution in [2.75, 3.05) is 32.8 Å². The normalized spacial score (nSPS) is 15.6. The number of piperazine rings is 1. The van der Waals surface area contributed by atoms with Gasteiger partial charge in [-0.1, -0.05) is 37.3 Å². The second-order valence-corrected chi connectivity index (χ2v) is 6.38. The van der Waals surface area contributed by atoms with E-state index in [1.807, 2.05) is 18.3 Å². The molecule has 4 heteroatoms. The van der Waals surface area contributed by atoms with Crippen LogP contribution in [0.15, 0.2) is 59.7 Å². The van der Waals surface area contributed by atoms with Crippen LogP contribution in [-0.4, -0.2) is 48.9 Å². The van der Waals surface area contributed by atoms with E-state index in [4.69, 9.17) is 4.74 Å². The van der Waals surface area contributed by atoms with Crippen molar-refractivity contribution < 1.29 is 4.74 Å². The van der Waals surface area contributed by atoms with Crippen molar-refractivity contribution in [3.05, 3.63) is 65.7 Å². The van der Waals surface area contributed by atoms with Gasteiger partial charge >= 0.3 is 0 Å². The molecular formula is C21H27N3O. The molecule has 0 aromatic heterocycles. The van der Waals surface area contributed by atoms with E-state index in [1.54, 1.807) is 0 Å². The van der Waals surface area contributed by atoms with Crippen molar-refractivity contribution in [2.45, 2.75) is 19.9 Å². The van der Waals surface area contributed by atoms with E-state index in [1.165, 1.54) is 5.56 Å². The maximum atomic E-state index is 5.60. The lowest BCUT2D eigenvalue weighted by atomic mass is 10.2. The summed E-state index contributed by atoms with van der Waals surface area (Å²) in [6, 6.07) is 18.8. The minimum atomic E-state index is 0.765. The molecule has 3 rings (SSSR count). The lowest BCUT2D eigenvalue weighted by Crippen LogP contribution is -2.43. The molecule has 2 aromatic rings. The summed E-state index contributed by atoms with van der Waals surface area (Å²) in [5, 5.41) is 6.78. The molecule has 1 fully saturated rings. The van der Waals surface area contributed by atoms with E-state index in [9.17, 15) is 0 Å². The molecule has 25 heavy (non-hydrogen) atoms. The van der Waals surface area contributed by atoms with Gasteiger partial charge in [-0.3, -0.25) is 9.91 Å². The van der Waals surface area contributed by atoms with Gasteiger partial charge < -0.3 is 4.74 Å². The van der Waals surface area contributed by atoms with Crippen molar-refractivity contribution >= 4 is 6.21 Å². The summed E-state index contributed by atoms with van der Waals surface area (Å²) < 4.78 is 5.60. The summed E-state index contributed by atoms with van der Waals surface area (Å²) in [5.41, 5.74) is 2.49. The number of rotatable bonds is 7. The molecule has 1 saturated heterocycles. The standard InChI is InChI=1S/C21H27N3O/c1-2-16-25-21-10-8-19(9-11-21)17-22-24-14-12-23(13-15-24)18-20-6-4-3-5-7-20/h3-11,17H,2,12-16,18H2,1H3/b22-17-. The van der Waals surface area contributed by atoms with Crippen LogP contribution < -0.4 is 4.74 Å². The maximum Gasteiger partial charge on any atom is 0.119 e. The van der Waals surface area contributed by atoms with Crippen molar-refractivity contribution in [3.63, 3.8) is 0 Å². The number of ether oxygens (including phenoxy) is 1. The average Bonchev–Trinajstić information content (AvgIpc) is 2.67. The quantitative estimate of drug-likeness (QED) is 0.722. The average molecular weight is 337 g/mol. The van der Waals surface area contributed by atoms with Crippen LogP contribution in [-0.2, 0) is 6.54 Å². The molecule has 0 saturated carbocycles. The van der Waals surface area contributed by atoms with Crippen LogP contribution in [0, 0.1) is 0 Å². The largest absolute Gasteiger partial charge is 0.494 e. The molecule has 0 amide bonds. The van der Waals surface area contributed by atoms with Gasteiger partial charge in [-0.05, 0) is 41.8 Å². The Labute approximate surface area is 150 Å². The molecule has 4 nitrogen and oxygen atoms in total. The SMILES string of the molecule is CCCOc1ccc(/C=N\N2CCN(Cc3ccccc3)CC2)cc1. The lowest BCUT2D eigenvalue weighted by molar-refractivity contribution is 0.131. The maximum absolute atomic E-state index is 5.60. The van der Waals surface area contributed by atoms with Gasteiger partial charge in [-0.25, -0.2) is 0 Å². The fraction of sp³-hybridized carbons (Fsp3) is 0.381. The van der Waals surface area contributed by atoms with E-state index in [0.717, 1.165) is 57.1 Å². The number of hydrazone groups is 1. The Balaban J connectivity index is 1.44. The minimum absolute atomic E-state index is 0.765. The van der Waals surface area contributed by atoms with Crippen molar-refractivity contribution in [2.24, 2.45) is 5.10 Å². The Morgan fingerprint density at radius 2 is 1.68 bits per heavy atom. The topological polar surface area (TPSA) is 28.1 Å². The van der Waals surface area contributed by atoms with E-state index >= 15 is 0 Å². The highest BCUT2D eigenvalue weighted by Crippen LogP contribution is 2.12. The first kappa shape index (κ1) is 17.5. The summed E-state index contributed by atoms with van der Waals surface area (Å²) in [4.78, 5) is 2.49. The van der Waals surface area contributed by atoms with Crippen LogP contribution in [0.5, 0.6) is 5.75 Å². The first-order valence-corrected chi connectivity index (χ1v) is 9.11. The van der Waals surface area contributed by atoms with Crippen LogP contribution in [0.4, 0.5) is 0 Å². The molecule has 2 aromatic carbocycles. The third-order valence-corrected chi connectivity index (χ3v) is 4.32. The highest BCUT2D eigenvalue weighted by atomic mass is 16.5. The summed E-state index contributed by atoms with van der Waals surface area (Å²) in [7, 11) is 0. The molecule has 0 spiro atoms. The van der Waals surface area contributed by atoms with Gasteiger partial charge in [0.2, 0.25) is 0 Å². The Bertz CT molecular complexity index is 647. The van der Waals surface area contributed by atoms with Gasteiger partial charge in [0, 0.05) is 32.7 Å². The Morgan fingerprint density at radius 1 is 0.960 bits per heavy atom. The molecule has 0 bridgehead atoms. The molecule has 0 unspecified atom stereocenters. The number of hydrogen-bond acceptors (Lipinski definition) is 4. The third kappa shape index (κ3) is 5.61. The second-order valence-electron chi connectivity index (χ2n) is 6.38. The minimum Gasteiger partial charge on any atom is -0.494 e. The van der Waals surface area contributed by atoms with Crippen LogP contribution in [0.1, 0.15) is 24.5 Å². The van der Waals surface area contributed by atoms with Gasteiger partial charge in [-0.15, -0.1) is 0 Å². The van der Waals surface area contributed by atoms with Gasteiger partial charge in [0.15, 0.2) is 0 Å². The molecule has 0 atom stereocenters. The predicted octanol–water partition coefficient (Wildman–Crippen LogP) is 3.63. The molecule has 1 aliphatic heterocycles. The number of benzene rings is 2. The summed E-state index contributed by atoms with van der Waals surface area (Å²) >= 11 is 0. The van der Waals surface area contributed by atoms with Gasteiger partial charge in [-0.2, -0.15) is 5.10 Å². The first-order valence-electron chi connectivity index (χ1n) is 9.11. The van der Waals surface area contributed by atoms with Crippen molar-refractivity contribution in [3.8, 4) is 5.75 Å². The zero-order chi connectivity index (χ0) is 17.3. The van der Waals surface area contributed by atoms with Crippen molar-refractivity contribution in [1.82, 2.24) is 9.91 Å². The van der Waals surface area contributed by atoms with Crippen LogP contribution in [0.3, 0.4) is 0 Å². The molecule has 1 aliphatic rings. The Kier molecular flexibility index (Phi) is 6.46. The highest BCUT2D eigenvalue weighted by molar-refractivity contribution is 5.79. The van der Waals surface area contributed by atoms with E-state index in [0.29, 0.717) is 0 Å². The Hall–Kier alpha value is -2.33. The molecule has 0 N–H and O–H groups in total. The zero-order valence-electron chi connectivity index (χ0n) is 15.0. The lowest BCUT2D eigenvalue weighted by Gasteiger charge is -2.33. The van der Waals surface area contributed by atoms with Gasteiger partial charge in [0.25, 0.3) is 0 Å². The van der Waals surface area contributed by atoms with Crippen LogP contribution in [0.25, 0.3) is 0 Å². The number of hydrogen-bond donors (Lipinski definition) is 0. The fourth-order valence-electron chi connectivity index (χ4n) is 2.87. The molecule has 0 aliphatic carbocycles. The van der Waals surface area contributed by atoms with Gasteiger partial charge in [0.1, 0.15) is 5.75 Å². The summed E-state index contributed by atoms with van der Waals surface area (Å²) in [5.74, 6) is 0.925. The van der Waals surface area contributed by atoms with Crippen LogP contribution in [0.2, 0.25) is 0 Å². The van der Waals surface area contributed by atoms with E-state index in [2.05, 4.69) is 64.4 Å². The van der Waals surface area contributed by atoms with E-state index < -0.39 is 0 Å². The smallest absolute Gasteiger partial charge is 0.119 e. The summed E-state index contributed by atoms with van der Waals surface area (Å²) in [6.45, 7) is 7.95. The molecule has 132 valence electrons. The zero-order valence-corrected chi connectivity index (χ0v) is 15.0. The number of nitrogens with zero attached hydrogens (tertiary/aromatic N) is 3. The van der Waals surface area contributed by atoms with E-state index in [-0.39, 0.29) is 0 Å². The van der Waals surface area contributed by atoms with Gasteiger partial charge in [0.05, 0.1) is 12.8 Å². The second kappa shape index (κ2) is 9.23. The molecule has 1 heterocycles. The Morgan fingerprint density at radius 3 is 2.36 bits per heavy atom.